The van der Waals surface area contributed by atoms with Crippen molar-refractivity contribution in [1.29, 1.82) is 0 Å². The van der Waals surface area contributed by atoms with E-state index in [-0.39, 0.29) is 10.8 Å². The first-order chi connectivity index (χ1) is 10.3. The fraction of sp³-hybridized carbons (Fsp3) is 0.611. The largest absolute Gasteiger partial charge is 0.465 e. The van der Waals surface area contributed by atoms with Crippen molar-refractivity contribution in [3.05, 3.63) is 35.4 Å². The van der Waals surface area contributed by atoms with Crippen LogP contribution in [0.1, 0.15) is 50.8 Å². The van der Waals surface area contributed by atoms with Crippen molar-refractivity contribution in [2.75, 3.05) is 19.6 Å². The molecule has 2 aliphatic heterocycles. The lowest BCUT2D eigenvalue weighted by atomic mass is 9.65. The SMILES string of the molecule is CC(C)(C)C1NCC2(CCN(C(=O)O)CC2)c2ccccc21. The smallest absolute Gasteiger partial charge is 0.407 e. The van der Waals surface area contributed by atoms with E-state index in [1.807, 2.05) is 0 Å². The Balaban J connectivity index is 1.94. The third kappa shape index (κ3) is 2.50. The summed E-state index contributed by atoms with van der Waals surface area (Å²) in [6, 6.07) is 9.08. The number of likely N-dealkylation sites (tertiary alicyclic amines) is 1. The minimum Gasteiger partial charge on any atom is -0.465 e. The minimum atomic E-state index is -0.792. The summed E-state index contributed by atoms with van der Waals surface area (Å²) in [4.78, 5) is 12.7. The van der Waals surface area contributed by atoms with Crippen LogP contribution in [0.3, 0.4) is 0 Å². The molecule has 1 unspecified atom stereocenters. The molecule has 1 spiro atoms. The molecule has 1 aromatic carbocycles. The first-order valence-corrected chi connectivity index (χ1v) is 8.14. The summed E-state index contributed by atoms with van der Waals surface area (Å²) in [5, 5.41) is 12.9. The molecule has 1 aromatic rings. The molecule has 120 valence electrons. The highest BCUT2D eigenvalue weighted by Gasteiger charge is 2.44. The van der Waals surface area contributed by atoms with Gasteiger partial charge in [0.1, 0.15) is 0 Å². The molecular formula is C18H26N2O2. The molecule has 4 heteroatoms. The van der Waals surface area contributed by atoms with E-state index in [0.717, 1.165) is 19.4 Å². The Kier molecular flexibility index (Phi) is 3.68. The highest BCUT2D eigenvalue weighted by molar-refractivity contribution is 5.65. The van der Waals surface area contributed by atoms with Gasteiger partial charge in [0.05, 0.1) is 0 Å². The lowest BCUT2D eigenvalue weighted by Gasteiger charge is -2.49. The topological polar surface area (TPSA) is 52.6 Å². The fourth-order valence-corrected chi connectivity index (χ4v) is 4.08. The number of rotatable bonds is 0. The number of fused-ring (bicyclic) bond motifs is 2. The monoisotopic (exact) mass is 302 g/mol. The first kappa shape index (κ1) is 15.3. The van der Waals surface area contributed by atoms with Crippen molar-refractivity contribution in [2.24, 2.45) is 5.41 Å². The number of hydrogen-bond donors (Lipinski definition) is 2. The number of benzene rings is 1. The second-order valence-corrected chi connectivity index (χ2v) is 7.82. The summed E-state index contributed by atoms with van der Waals surface area (Å²) in [6.45, 7) is 9.02. The molecule has 0 saturated carbocycles. The highest BCUT2D eigenvalue weighted by Crippen LogP contribution is 2.46. The lowest BCUT2D eigenvalue weighted by molar-refractivity contribution is 0.107. The maximum atomic E-state index is 11.2. The van der Waals surface area contributed by atoms with Gasteiger partial charge in [-0.3, -0.25) is 0 Å². The second-order valence-electron chi connectivity index (χ2n) is 7.82. The third-order valence-corrected chi connectivity index (χ3v) is 5.34. The number of carboxylic acid groups (broad SMARTS) is 1. The summed E-state index contributed by atoms with van der Waals surface area (Å²) < 4.78 is 0. The van der Waals surface area contributed by atoms with Gasteiger partial charge >= 0.3 is 6.09 Å². The van der Waals surface area contributed by atoms with Gasteiger partial charge in [-0.05, 0) is 29.4 Å². The van der Waals surface area contributed by atoms with Gasteiger partial charge in [0, 0.05) is 31.1 Å². The van der Waals surface area contributed by atoms with E-state index in [4.69, 9.17) is 0 Å². The van der Waals surface area contributed by atoms with Crippen LogP contribution in [-0.2, 0) is 5.41 Å². The summed E-state index contributed by atoms with van der Waals surface area (Å²) in [6.07, 6.45) is 1.01. The first-order valence-electron chi connectivity index (χ1n) is 8.14. The predicted octanol–water partition coefficient (Wildman–Crippen LogP) is 3.39. The summed E-state index contributed by atoms with van der Waals surface area (Å²) in [5.74, 6) is 0. The zero-order valence-electron chi connectivity index (χ0n) is 13.7. The van der Waals surface area contributed by atoms with Crippen LogP contribution in [0.4, 0.5) is 4.79 Å². The van der Waals surface area contributed by atoms with E-state index in [2.05, 4.69) is 50.4 Å². The maximum absolute atomic E-state index is 11.2. The second kappa shape index (κ2) is 5.27. The van der Waals surface area contributed by atoms with Crippen LogP contribution in [0, 0.1) is 5.41 Å². The average Bonchev–Trinajstić information content (AvgIpc) is 2.47. The van der Waals surface area contributed by atoms with E-state index < -0.39 is 6.09 Å². The van der Waals surface area contributed by atoms with Gasteiger partial charge in [-0.15, -0.1) is 0 Å². The van der Waals surface area contributed by atoms with Crippen LogP contribution < -0.4 is 5.32 Å². The average molecular weight is 302 g/mol. The van der Waals surface area contributed by atoms with Crippen LogP contribution in [-0.4, -0.2) is 35.7 Å². The van der Waals surface area contributed by atoms with Crippen LogP contribution in [0.15, 0.2) is 24.3 Å². The van der Waals surface area contributed by atoms with Crippen molar-refractivity contribution in [1.82, 2.24) is 10.2 Å². The van der Waals surface area contributed by atoms with Crippen molar-refractivity contribution < 1.29 is 9.90 Å². The molecule has 1 saturated heterocycles. The van der Waals surface area contributed by atoms with Gasteiger partial charge in [-0.1, -0.05) is 45.0 Å². The lowest BCUT2D eigenvalue weighted by Crippen LogP contribution is -2.54. The molecule has 2 N–H and O–H groups in total. The summed E-state index contributed by atoms with van der Waals surface area (Å²) in [7, 11) is 0. The standard InChI is InChI=1S/C18H26N2O2/c1-17(2,3)15-13-6-4-5-7-14(13)18(12-19-15)8-10-20(11-9-18)16(21)22/h4-7,15,19H,8-12H2,1-3H3,(H,21,22). The molecule has 0 bridgehead atoms. The summed E-state index contributed by atoms with van der Waals surface area (Å²) >= 11 is 0. The van der Waals surface area contributed by atoms with Gasteiger partial charge in [0.15, 0.2) is 0 Å². The Labute approximate surface area is 132 Å². The minimum absolute atomic E-state index is 0.0876. The van der Waals surface area contributed by atoms with Crippen molar-refractivity contribution in [3.63, 3.8) is 0 Å². The number of hydrogen-bond acceptors (Lipinski definition) is 2. The molecule has 22 heavy (non-hydrogen) atoms. The molecule has 0 radical (unpaired) electrons. The highest BCUT2D eigenvalue weighted by atomic mass is 16.4. The van der Waals surface area contributed by atoms with Crippen molar-refractivity contribution in [2.45, 2.75) is 45.1 Å². The van der Waals surface area contributed by atoms with Gasteiger partial charge in [0.2, 0.25) is 0 Å². The number of carbonyl (C=O) groups is 1. The Morgan fingerprint density at radius 1 is 1.27 bits per heavy atom. The molecule has 1 amide bonds. The molecule has 0 aliphatic carbocycles. The summed E-state index contributed by atoms with van der Waals surface area (Å²) in [5.41, 5.74) is 3.08. The van der Waals surface area contributed by atoms with E-state index >= 15 is 0 Å². The molecule has 2 aliphatic rings. The Morgan fingerprint density at radius 3 is 2.50 bits per heavy atom. The molecule has 4 nitrogen and oxygen atoms in total. The molecule has 1 atom stereocenters. The number of piperidine rings is 1. The Morgan fingerprint density at radius 2 is 1.91 bits per heavy atom. The van der Waals surface area contributed by atoms with E-state index in [1.54, 1.807) is 4.90 Å². The molecule has 2 heterocycles. The van der Waals surface area contributed by atoms with E-state index in [1.165, 1.54) is 11.1 Å². The molecule has 3 rings (SSSR count). The Hall–Kier alpha value is -1.55. The van der Waals surface area contributed by atoms with Gasteiger partial charge in [0.25, 0.3) is 0 Å². The van der Waals surface area contributed by atoms with E-state index in [0.29, 0.717) is 19.1 Å². The normalized spacial score (nSPS) is 24.1. The van der Waals surface area contributed by atoms with Crippen molar-refractivity contribution >= 4 is 6.09 Å². The molecular weight excluding hydrogens is 276 g/mol. The van der Waals surface area contributed by atoms with Crippen LogP contribution in [0.25, 0.3) is 0 Å². The Bertz CT molecular complexity index is 569. The van der Waals surface area contributed by atoms with Gasteiger partial charge < -0.3 is 15.3 Å². The van der Waals surface area contributed by atoms with Gasteiger partial charge in [-0.2, -0.15) is 0 Å². The predicted molar refractivity (Wildman–Crippen MR) is 87.2 cm³/mol. The fourth-order valence-electron chi connectivity index (χ4n) is 4.08. The quantitative estimate of drug-likeness (QED) is 0.772. The molecule has 0 aromatic heterocycles. The zero-order chi connectivity index (χ0) is 16.0. The number of nitrogens with zero attached hydrogens (tertiary/aromatic N) is 1. The molecule has 1 fully saturated rings. The number of nitrogens with one attached hydrogen (secondary N) is 1. The van der Waals surface area contributed by atoms with Crippen LogP contribution in [0.5, 0.6) is 0 Å². The third-order valence-electron chi connectivity index (χ3n) is 5.34. The van der Waals surface area contributed by atoms with Crippen LogP contribution >= 0.6 is 0 Å². The maximum Gasteiger partial charge on any atom is 0.407 e. The zero-order valence-corrected chi connectivity index (χ0v) is 13.7. The van der Waals surface area contributed by atoms with Gasteiger partial charge in [-0.25, -0.2) is 4.79 Å². The number of amides is 1. The van der Waals surface area contributed by atoms with Crippen molar-refractivity contribution in [3.8, 4) is 0 Å². The van der Waals surface area contributed by atoms with Crippen LogP contribution in [0.2, 0.25) is 0 Å². The van der Waals surface area contributed by atoms with E-state index in [9.17, 15) is 9.90 Å².